The molecule has 94 valence electrons. The molecule has 0 N–H and O–H groups in total. The number of hydrogen-bond donors (Lipinski definition) is 0. The first-order chi connectivity index (χ1) is 7.82. The van der Waals surface area contributed by atoms with E-state index in [0.717, 1.165) is 28.9 Å². The van der Waals surface area contributed by atoms with Gasteiger partial charge in [-0.05, 0) is 25.0 Å². The van der Waals surface area contributed by atoms with Gasteiger partial charge >= 0.3 is 0 Å². The van der Waals surface area contributed by atoms with Crippen molar-refractivity contribution in [3.05, 3.63) is 23.3 Å². The second-order valence-corrected chi connectivity index (χ2v) is 6.62. The highest BCUT2D eigenvalue weighted by molar-refractivity contribution is 7.92. The molecule has 0 aromatic heterocycles. The van der Waals surface area contributed by atoms with Crippen LogP contribution in [0.3, 0.4) is 0 Å². The summed E-state index contributed by atoms with van der Waals surface area (Å²) in [5.74, 6) is 0. The zero-order chi connectivity index (χ0) is 12.8. The molecule has 1 heterocycles. The van der Waals surface area contributed by atoms with Crippen molar-refractivity contribution in [2.24, 2.45) is 0 Å². The van der Waals surface area contributed by atoms with Crippen molar-refractivity contribution in [3.8, 4) is 0 Å². The summed E-state index contributed by atoms with van der Waals surface area (Å²) < 4.78 is 25.0. The Morgan fingerprint density at radius 1 is 1.29 bits per heavy atom. The highest BCUT2D eigenvalue weighted by Crippen LogP contribution is 2.38. The Morgan fingerprint density at radius 3 is 2.47 bits per heavy atom. The number of anilines is 2. The molecule has 4 nitrogen and oxygen atoms in total. The zero-order valence-corrected chi connectivity index (χ0v) is 11.5. The van der Waals surface area contributed by atoms with Crippen molar-refractivity contribution in [2.45, 2.75) is 13.3 Å². The minimum absolute atomic E-state index is 0.555. The van der Waals surface area contributed by atoms with E-state index in [2.05, 4.69) is 6.07 Å². The summed E-state index contributed by atoms with van der Waals surface area (Å²) in [4.78, 5) is 2.03. The third-order valence-corrected chi connectivity index (χ3v) is 4.32. The van der Waals surface area contributed by atoms with Crippen molar-refractivity contribution >= 4 is 21.4 Å². The first-order valence-corrected chi connectivity index (χ1v) is 7.44. The molecule has 0 unspecified atom stereocenters. The van der Waals surface area contributed by atoms with Gasteiger partial charge in [0.1, 0.15) is 0 Å². The molecule has 1 aliphatic heterocycles. The largest absolute Gasteiger partial charge is 0.377 e. The minimum atomic E-state index is -3.17. The third kappa shape index (κ3) is 1.99. The topological polar surface area (TPSA) is 40.6 Å². The average Bonchev–Trinajstić information content (AvgIpc) is 2.61. The van der Waals surface area contributed by atoms with E-state index in [-0.39, 0.29) is 0 Å². The summed E-state index contributed by atoms with van der Waals surface area (Å²) in [6.45, 7) is 2.52. The van der Waals surface area contributed by atoms with Gasteiger partial charge in [-0.25, -0.2) is 8.42 Å². The summed E-state index contributed by atoms with van der Waals surface area (Å²) in [5.41, 5.74) is 4.14. The molecule has 0 spiro atoms. The fraction of sp³-hybridized carbons (Fsp3) is 0.500. The molecular weight excluding hydrogens is 236 g/mol. The number of aryl methyl sites for hydroxylation is 1. The molecule has 1 aromatic carbocycles. The van der Waals surface area contributed by atoms with E-state index in [1.807, 2.05) is 32.0 Å². The van der Waals surface area contributed by atoms with Gasteiger partial charge in [0.2, 0.25) is 10.0 Å². The average molecular weight is 254 g/mol. The van der Waals surface area contributed by atoms with Crippen LogP contribution in [0.4, 0.5) is 11.4 Å². The van der Waals surface area contributed by atoms with Crippen molar-refractivity contribution in [1.82, 2.24) is 0 Å². The van der Waals surface area contributed by atoms with E-state index in [1.54, 1.807) is 0 Å². The molecule has 5 heteroatoms. The molecule has 17 heavy (non-hydrogen) atoms. The first-order valence-electron chi connectivity index (χ1n) is 5.60. The lowest BCUT2D eigenvalue weighted by molar-refractivity contribution is 0.598. The second-order valence-electron chi connectivity index (χ2n) is 4.71. The molecule has 1 aromatic rings. The van der Waals surface area contributed by atoms with E-state index in [0.29, 0.717) is 6.54 Å². The van der Waals surface area contributed by atoms with Gasteiger partial charge in [0.05, 0.1) is 11.9 Å². The van der Waals surface area contributed by atoms with Gasteiger partial charge in [0, 0.05) is 31.9 Å². The van der Waals surface area contributed by atoms with Crippen molar-refractivity contribution in [1.29, 1.82) is 0 Å². The van der Waals surface area contributed by atoms with Crippen LogP contribution in [0.5, 0.6) is 0 Å². The summed E-state index contributed by atoms with van der Waals surface area (Å²) in [6, 6.07) is 4.04. The summed E-state index contributed by atoms with van der Waals surface area (Å²) >= 11 is 0. The van der Waals surface area contributed by atoms with Crippen LogP contribution in [0.25, 0.3) is 0 Å². The maximum Gasteiger partial charge on any atom is 0.232 e. The second kappa shape index (κ2) is 3.91. The molecule has 0 bridgehead atoms. The molecule has 0 amide bonds. The van der Waals surface area contributed by atoms with E-state index in [9.17, 15) is 8.42 Å². The van der Waals surface area contributed by atoms with Crippen molar-refractivity contribution < 1.29 is 8.42 Å². The van der Waals surface area contributed by atoms with Gasteiger partial charge in [-0.1, -0.05) is 6.07 Å². The Morgan fingerprint density at radius 2 is 1.94 bits per heavy atom. The maximum atomic E-state index is 11.7. The van der Waals surface area contributed by atoms with Gasteiger partial charge in [-0.3, -0.25) is 4.31 Å². The first kappa shape index (κ1) is 12.2. The summed E-state index contributed by atoms with van der Waals surface area (Å²) in [6.07, 6.45) is 2.06. The van der Waals surface area contributed by atoms with Crippen molar-refractivity contribution in [3.63, 3.8) is 0 Å². The number of benzene rings is 1. The standard InChI is InChI=1S/C12H18N2O2S/c1-9-5-6-11(13(2)3)10-7-8-14(12(9)10)17(4,15)16/h5-6H,7-8H2,1-4H3. The highest BCUT2D eigenvalue weighted by Gasteiger charge is 2.29. The smallest absolute Gasteiger partial charge is 0.232 e. The minimum Gasteiger partial charge on any atom is -0.377 e. The summed E-state index contributed by atoms with van der Waals surface area (Å²) in [5, 5.41) is 0. The van der Waals surface area contributed by atoms with E-state index in [4.69, 9.17) is 0 Å². The molecule has 0 saturated heterocycles. The normalized spacial score (nSPS) is 14.9. The van der Waals surface area contributed by atoms with Gasteiger partial charge in [0.25, 0.3) is 0 Å². The quantitative estimate of drug-likeness (QED) is 0.800. The number of rotatable bonds is 2. The Kier molecular flexibility index (Phi) is 2.81. The monoisotopic (exact) mass is 254 g/mol. The lowest BCUT2D eigenvalue weighted by Gasteiger charge is -2.21. The van der Waals surface area contributed by atoms with E-state index < -0.39 is 10.0 Å². The molecule has 0 radical (unpaired) electrons. The van der Waals surface area contributed by atoms with Gasteiger partial charge < -0.3 is 4.90 Å². The van der Waals surface area contributed by atoms with Crippen LogP contribution in [0, 0.1) is 6.92 Å². The summed E-state index contributed by atoms with van der Waals surface area (Å²) in [7, 11) is 0.794. The number of nitrogens with zero attached hydrogens (tertiary/aromatic N) is 2. The van der Waals surface area contributed by atoms with Crippen LogP contribution >= 0.6 is 0 Å². The third-order valence-electron chi connectivity index (χ3n) is 3.16. The van der Waals surface area contributed by atoms with E-state index in [1.165, 1.54) is 10.6 Å². The molecule has 0 atom stereocenters. The molecule has 1 aliphatic rings. The molecule has 0 aliphatic carbocycles. The maximum absolute atomic E-state index is 11.7. The van der Waals surface area contributed by atoms with Crippen LogP contribution < -0.4 is 9.21 Å². The lowest BCUT2D eigenvalue weighted by Crippen LogP contribution is -2.28. The Labute approximate surface area is 103 Å². The molecule has 2 rings (SSSR count). The highest BCUT2D eigenvalue weighted by atomic mass is 32.2. The van der Waals surface area contributed by atoms with Crippen LogP contribution in [0.2, 0.25) is 0 Å². The molecular formula is C12H18N2O2S. The predicted octanol–water partition coefficient (Wildman–Crippen LogP) is 1.38. The van der Waals surface area contributed by atoms with Crippen LogP contribution in [-0.2, 0) is 16.4 Å². The molecule has 0 saturated carbocycles. The number of hydrogen-bond acceptors (Lipinski definition) is 3. The fourth-order valence-electron chi connectivity index (χ4n) is 2.41. The van der Waals surface area contributed by atoms with Crippen LogP contribution in [0.1, 0.15) is 11.1 Å². The Bertz CT molecular complexity index is 550. The van der Waals surface area contributed by atoms with E-state index >= 15 is 0 Å². The number of fused-ring (bicyclic) bond motifs is 1. The predicted molar refractivity (Wildman–Crippen MR) is 71.4 cm³/mol. The van der Waals surface area contributed by atoms with Gasteiger partial charge in [-0.2, -0.15) is 0 Å². The Hall–Kier alpha value is -1.23. The molecule has 0 fully saturated rings. The fourth-order valence-corrected chi connectivity index (χ4v) is 3.42. The zero-order valence-electron chi connectivity index (χ0n) is 10.7. The van der Waals surface area contributed by atoms with Gasteiger partial charge in [-0.15, -0.1) is 0 Å². The van der Waals surface area contributed by atoms with Crippen LogP contribution in [0.15, 0.2) is 12.1 Å². The Balaban J connectivity index is 2.64. The number of sulfonamides is 1. The van der Waals surface area contributed by atoms with Crippen LogP contribution in [-0.4, -0.2) is 35.3 Å². The van der Waals surface area contributed by atoms with Gasteiger partial charge in [0.15, 0.2) is 0 Å². The lowest BCUT2D eigenvalue weighted by atomic mass is 10.1. The van der Waals surface area contributed by atoms with Crippen molar-refractivity contribution in [2.75, 3.05) is 36.1 Å². The SMILES string of the molecule is Cc1ccc(N(C)C)c2c1N(S(C)(=O)=O)CC2.